The number of thiocarbonyl (C=S) groups is 1. The number of aryl methyl sites for hydroxylation is 1. The summed E-state index contributed by atoms with van der Waals surface area (Å²) in [5, 5.41) is 7.26. The first-order valence-corrected chi connectivity index (χ1v) is 8.52. The molecule has 0 bridgehead atoms. The summed E-state index contributed by atoms with van der Waals surface area (Å²) < 4.78 is 0. The van der Waals surface area contributed by atoms with Gasteiger partial charge in [-0.15, -0.1) is 0 Å². The van der Waals surface area contributed by atoms with Crippen LogP contribution in [0.15, 0.2) is 24.3 Å². The third-order valence-electron chi connectivity index (χ3n) is 4.35. The zero-order chi connectivity index (χ0) is 15.1. The van der Waals surface area contributed by atoms with E-state index >= 15 is 0 Å². The van der Waals surface area contributed by atoms with Crippen LogP contribution in [0.3, 0.4) is 0 Å². The molecular weight excluding hydrogens is 278 g/mol. The van der Waals surface area contributed by atoms with Crippen molar-refractivity contribution in [2.75, 3.05) is 25.0 Å². The first kappa shape index (κ1) is 16.2. The first-order chi connectivity index (χ1) is 10.1. The van der Waals surface area contributed by atoms with Crippen molar-refractivity contribution in [2.24, 2.45) is 0 Å². The molecule has 1 aliphatic heterocycles. The molecule has 0 saturated carbocycles. The fraction of sp³-hybridized carbons (Fsp3) is 0.588. The molecule has 2 rings (SSSR count). The van der Waals surface area contributed by atoms with E-state index in [0.717, 1.165) is 23.4 Å². The fourth-order valence-corrected chi connectivity index (χ4v) is 3.17. The van der Waals surface area contributed by atoms with Crippen molar-refractivity contribution >= 4 is 23.0 Å². The average Bonchev–Trinajstić information content (AvgIpc) is 2.48. The number of hydrogen-bond acceptors (Lipinski definition) is 1. The van der Waals surface area contributed by atoms with Gasteiger partial charge in [0.05, 0.1) is 19.1 Å². The largest absolute Gasteiger partial charge is 0.362 e. The lowest BCUT2D eigenvalue weighted by Gasteiger charge is -2.30. The summed E-state index contributed by atoms with van der Waals surface area (Å²) in [6.07, 6.45) is 5.36. The van der Waals surface area contributed by atoms with E-state index in [1.807, 2.05) is 0 Å². The second-order valence-electron chi connectivity index (χ2n) is 6.16. The van der Waals surface area contributed by atoms with Crippen LogP contribution >= 0.6 is 12.2 Å². The van der Waals surface area contributed by atoms with Crippen LogP contribution in [0.4, 0.5) is 5.69 Å². The van der Waals surface area contributed by atoms with Gasteiger partial charge in [-0.1, -0.05) is 17.7 Å². The minimum atomic E-state index is 0.723. The highest BCUT2D eigenvalue weighted by molar-refractivity contribution is 7.80. The molecule has 0 amide bonds. The van der Waals surface area contributed by atoms with Crippen LogP contribution < -0.4 is 15.5 Å². The summed E-state index contributed by atoms with van der Waals surface area (Å²) in [5.74, 6) is 0. The van der Waals surface area contributed by atoms with Gasteiger partial charge in [-0.05, 0) is 57.5 Å². The van der Waals surface area contributed by atoms with E-state index in [9.17, 15) is 0 Å². The molecule has 0 radical (unpaired) electrons. The maximum absolute atomic E-state index is 5.33. The van der Waals surface area contributed by atoms with E-state index in [4.69, 9.17) is 12.2 Å². The molecule has 0 aromatic heterocycles. The van der Waals surface area contributed by atoms with E-state index in [0.29, 0.717) is 0 Å². The second-order valence-corrected chi connectivity index (χ2v) is 6.56. The molecule has 1 aliphatic rings. The average molecular weight is 306 g/mol. The van der Waals surface area contributed by atoms with Crippen molar-refractivity contribution in [1.82, 2.24) is 5.32 Å². The highest BCUT2D eigenvalue weighted by atomic mass is 32.1. The van der Waals surface area contributed by atoms with Crippen LogP contribution in [0.5, 0.6) is 0 Å². The Balaban J connectivity index is 1.61. The Labute approximate surface area is 134 Å². The Kier molecular flexibility index (Phi) is 6.46. The lowest BCUT2D eigenvalue weighted by atomic mass is 10.0. The predicted molar refractivity (Wildman–Crippen MR) is 94.0 cm³/mol. The third kappa shape index (κ3) is 5.64. The number of benzene rings is 1. The van der Waals surface area contributed by atoms with Gasteiger partial charge in [0, 0.05) is 18.7 Å². The lowest BCUT2D eigenvalue weighted by Crippen LogP contribution is -3.16. The monoisotopic (exact) mass is 306 g/mol. The minimum Gasteiger partial charge on any atom is -0.362 e. The van der Waals surface area contributed by atoms with Crippen molar-refractivity contribution in [3.8, 4) is 0 Å². The van der Waals surface area contributed by atoms with E-state index in [1.165, 1.54) is 44.3 Å². The van der Waals surface area contributed by atoms with Gasteiger partial charge in [0.2, 0.25) is 0 Å². The highest BCUT2D eigenvalue weighted by Crippen LogP contribution is 2.08. The molecule has 2 atom stereocenters. The number of rotatable bonds is 5. The summed E-state index contributed by atoms with van der Waals surface area (Å²) in [5.41, 5.74) is 2.31. The Morgan fingerprint density at radius 3 is 2.76 bits per heavy atom. The molecule has 3 nitrogen and oxygen atoms in total. The van der Waals surface area contributed by atoms with Crippen molar-refractivity contribution in [1.29, 1.82) is 0 Å². The Morgan fingerprint density at radius 1 is 1.29 bits per heavy atom. The van der Waals surface area contributed by atoms with Crippen LogP contribution in [0.2, 0.25) is 0 Å². The SMILES string of the molecule is Cc1ccc(NC(=S)NCCC[NH+]2CCCC[C@@H]2C)cc1. The minimum absolute atomic E-state index is 0.723. The van der Waals surface area contributed by atoms with Crippen molar-refractivity contribution in [3.05, 3.63) is 29.8 Å². The molecule has 1 fully saturated rings. The number of anilines is 1. The van der Waals surface area contributed by atoms with Gasteiger partial charge >= 0.3 is 0 Å². The van der Waals surface area contributed by atoms with Crippen molar-refractivity contribution < 1.29 is 4.90 Å². The predicted octanol–water partition coefficient (Wildman–Crippen LogP) is 2.13. The lowest BCUT2D eigenvalue weighted by molar-refractivity contribution is -0.928. The molecule has 0 aliphatic carbocycles. The standard InChI is InChI=1S/C17H27N3S/c1-14-7-9-16(10-8-14)19-17(21)18-11-5-13-20-12-4-3-6-15(20)2/h7-10,15H,3-6,11-13H2,1-2H3,(H2,18,19,21)/p+1/t15-/m0/s1. The molecular formula is C17H28N3S+. The molecule has 116 valence electrons. The van der Waals surface area contributed by atoms with Crippen LogP contribution in [-0.4, -0.2) is 30.8 Å². The maximum atomic E-state index is 5.33. The molecule has 1 aromatic carbocycles. The number of piperidine rings is 1. The molecule has 0 spiro atoms. The smallest absolute Gasteiger partial charge is 0.170 e. The number of likely N-dealkylation sites (tertiary alicyclic amines) is 1. The molecule has 1 saturated heterocycles. The van der Waals surface area contributed by atoms with Crippen LogP contribution in [0, 0.1) is 6.92 Å². The molecule has 1 heterocycles. The van der Waals surface area contributed by atoms with E-state index in [-0.39, 0.29) is 0 Å². The molecule has 4 heteroatoms. The van der Waals surface area contributed by atoms with Gasteiger partial charge in [0.25, 0.3) is 0 Å². The first-order valence-electron chi connectivity index (χ1n) is 8.11. The fourth-order valence-electron chi connectivity index (χ4n) is 2.95. The van der Waals surface area contributed by atoms with E-state index < -0.39 is 0 Å². The quantitative estimate of drug-likeness (QED) is 0.575. The van der Waals surface area contributed by atoms with Gasteiger partial charge in [0.15, 0.2) is 5.11 Å². The van der Waals surface area contributed by atoms with Gasteiger partial charge in [-0.3, -0.25) is 0 Å². The van der Waals surface area contributed by atoms with Crippen LogP contribution in [0.25, 0.3) is 0 Å². The molecule has 3 N–H and O–H groups in total. The van der Waals surface area contributed by atoms with Gasteiger partial charge in [-0.25, -0.2) is 0 Å². The Bertz CT molecular complexity index is 444. The van der Waals surface area contributed by atoms with Gasteiger partial charge in [0.1, 0.15) is 0 Å². The van der Waals surface area contributed by atoms with E-state index in [1.54, 1.807) is 4.90 Å². The topological polar surface area (TPSA) is 28.5 Å². The van der Waals surface area contributed by atoms with Gasteiger partial charge in [-0.2, -0.15) is 0 Å². The zero-order valence-corrected chi connectivity index (χ0v) is 14.1. The van der Waals surface area contributed by atoms with Crippen molar-refractivity contribution in [2.45, 2.75) is 45.6 Å². The molecule has 1 aromatic rings. The summed E-state index contributed by atoms with van der Waals surface area (Å²) in [6.45, 7) is 8.01. The maximum Gasteiger partial charge on any atom is 0.170 e. The van der Waals surface area contributed by atoms with Gasteiger partial charge < -0.3 is 15.5 Å². The Morgan fingerprint density at radius 2 is 2.05 bits per heavy atom. The Hall–Kier alpha value is -1.13. The number of quaternary nitrogens is 1. The zero-order valence-electron chi connectivity index (χ0n) is 13.2. The normalized spacial score (nSPS) is 21.8. The summed E-state index contributed by atoms with van der Waals surface area (Å²) in [6, 6.07) is 9.13. The van der Waals surface area contributed by atoms with Crippen LogP contribution in [-0.2, 0) is 0 Å². The van der Waals surface area contributed by atoms with Crippen LogP contribution in [0.1, 0.15) is 38.2 Å². The highest BCUT2D eigenvalue weighted by Gasteiger charge is 2.20. The molecule has 21 heavy (non-hydrogen) atoms. The van der Waals surface area contributed by atoms with Crippen molar-refractivity contribution in [3.63, 3.8) is 0 Å². The summed E-state index contributed by atoms with van der Waals surface area (Å²) in [4.78, 5) is 1.76. The van der Waals surface area contributed by atoms with E-state index in [2.05, 4.69) is 48.7 Å². The second kappa shape index (κ2) is 8.35. The number of nitrogens with one attached hydrogen (secondary N) is 3. The summed E-state index contributed by atoms with van der Waals surface area (Å²) in [7, 11) is 0. The summed E-state index contributed by atoms with van der Waals surface area (Å²) >= 11 is 5.33. The molecule has 1 unspecified atom stereocenters. The third-order valence-corrected chi connectivity index (χ3v) is 4.60. The number of hydrogen-bond donors (Lipinski definition) is 3.